The number of fused-ring (bicyclic) bond motifs is 1. The molecule has 8 heteroatoms. The zero-order valence-electron chi connectivity index (χ0n) is 17.9. The summed E-state index contributed by atoms with van der Waals surface area (Å²) < 4.78 is 1.54. The highest BCUT2D eigenvalue weighted by Gasteiger charge is 2.17. The molecule has 2 aromatic carbocycles. The number of aryl methyl sites for hydroxylation is 2. The molecule has 1 aromatic heterocycles. The topological polar surface area (TPSA) is 93.1 Å². The zero-order valence-corrected chi connectivity index (χ0v) is 18.7. The van der Waals surface area contributed by atoms with Crippen LogP contribution in [0.3, 0.4) is 0 Å². The van der Waals surface area contributed by atoms with E-state index in [-0.39, 0.29) is 11.3 Å². The average molecular weight is 439 g/mol. The summed E-state index contributed by atoms with van der Waals surface area (Å²) in [6.45, 7) is 6.46. The van der Waals surface area contributed by atoms with Crippen molar-refractivity contribution in [2.75, 3.05) is 12.3 Å². The van der Waals surface area contributed by atoms with Gasteiger partial charge in [-0.1, -0.05) is 54.9 Å². The molecule has 0 aliphatic rings. The van der Waals surface area contributed by atoms with Gasteiger partial charge >= 0.3 is 6.03 Å². The van der Waals surface area contributed by atoms with E-state index in [1.54, 1.807) is 18.2 Å². The fraction of sp³-hybridized carbons (Fsp3) is 0.304. The summed E-state index contributed by atoms with van der Waals surface area (Å²) in [6, 6.07) is 12.4. The lowest BCUT2D eigenvalue weighted by atomic mass is 10.1. The molecule has 31 heavy (non-hydrogen) atoms. The van der Waals surface area contributed by atoms with E-state index in [1.165, 1.54) is 4.57 Å². The Morgan fingerprint density at radius 1 is 1.13 bits per heavy atom. The smallest absolute Gasteiger partial charge is 0.321 e. The molecule has 7 nitrogen and oxygen atoms in total. The molecule has 0 saturated heterocycles. The Morgan fingerprint density at radius 2 is 1.90 bits per heavy atom. The van der Waals surface area contributed by atoms with Gasteiger partial charge in [0.2, 0.25) is 5.91 Å². The lowest BCUT2D eigenvalue weighted by Gasteiger charge is -2.15. The molecular weight excluding hydrogens is 412 g/mol. The number of nitrogens with one attached hydrogen (secondary N) is 2. The summed E-state index contributed by atoms with van der Waals surface area (Å²) in [5, 5.41) is 5.87. The highest BCUT2D eigenvalue weighted by molar-refractivity contribution is 7.99. The summed E-state index contributed by atoms with van der Waals surface area (Å²) in [7, 11) is 0. The van der Waals surface area contributed by atoms with Gasteiger partial charge in [0, 0.05) is 6.54 Å². The third-order valence-electron chi connectivity index (χ3n) is 4.74. The largest absolute Gasteiger partial charge is 0.338 e. The van der Waals surface area contributed by atoms with E-state index in [0.29, 0.717) is 28.3 Å². The van der Waals surface area contributed by atoms with Crippen molar-refractivity contribution >= 4 is 34.6 Å². The maximum absolute atomic E-state index is 13.3. The predicted octanol–water partition coefficient (Wildman–Crippen LogP) is 3.72. The monoisotopic (exact) mass is 438 g/mol. The zero-order chi connectivity index (χ0) is 22.4. The Kier molecular flexibility index (Phi) is 7.46. The van der Waals surface area contributed by atoms with Gasteiger partial charge in [-0.15, -0.1) is 0 Å². The highest BCUT2D eigenvalue weighted by atomic mass is 32.2. The molecule has 3 amide bonds. The van der Waals surface area contributed by atoms with Gasteiger partial charge < -0.3 is 5.32 Å². The van der Waals surface area contributed by atoms with Crippen LogP contribution in [0.4, 0.5) is 4.79 Å². The van der Waals surface area contributed by atoms with Crippen molar-refractivity contribution in [2.24, 2.45) is 0 Å². The van der Waals surface area contributed by atoms with Crippen LogP contribution in [0.5, 0.6) is 0 Å². The summed E-state index contributed by atoms with van der Waals surface area (Å²) in [5.41, 5.74) is 3.10. The third-order valence-corrected chi connectivity index (χ3v) is 5.68. The predicted molar refractivity (Wildman–Crippen MR) is 124 cm³/mol. The number of urea groups is 1. The fourth-order valence-electron chi connectivity index (χ4n) is 3.19. The summed E-state index contributed by atoms with van der Waals surface area (Å²) in [5.74, 6) is -0.495. The lowest BCUT2D eigenvalue weighted by Crippen LogP contribution is -2.40. The van der Waals surface area contributed by atoms with Crippen LogP contribution in [0.2, 0.25) is 0 Å². The molecular formula is C23H26N4O3S. The van der Waals surface area contributed by atoms with Crippen molar-refractivity contribution in [3.05, 3.63) is 63.9 Å². The van der Waals surface area contributed by atoms with Gasteiger partial charge in [-0.3, -0.25) is 19.5 Å². The molecule has 3 rings (SSSR count). The molecule has 0 aliphatic heterocycles. The molecule has 0 aliphatic carbocycles. The highest BCUT2D eigenvalue weighted by Crippen LogP contribution is 2.23. The first-order chi connectivity index (χ1) is 14.9. The summed E-state index contributed by atoms with van der Waals surface area (Å²) in [6.07, 6.45) is 1.80. The van der Waals surface area contributed by atoms with Crippen molar-refractivity contribution in [1.82, 2.24) is 20.2 Å². The third kappa shape index (κ3) is 5.52. The maximum Gasteiger partial charge on any atom is 0.321 e. The van der Waals surface area contributed by atoms with Crippen molar-refractivity contribution < 1.29 is 9.59 Å². The standard InChI is InChI=1S/C23H26N4O3S/c1-4-5-12-24-22(30)26-20(28)14-31-23-25-18-9-7-6-8-17(18)21(29)27(23)19-11-10-15(2)13-16(19)3/h6-11,13H,4-5,12,14H2,1-3H3,(H2,24,26,28,30). The van der Waals surface area contributed by atoms with Gasteiger partial charge in [-0.05, 0) is 44.0 Å². The van der Waals surface area contributed by atoms with Crippen molar-refractivity contribution in [2.45, 2.75) is 38.8 Å². The SMILES string of the molecule is CCCCNC(=O)NC(=O)CSc1nc2ccccc2c(=O)n1-c1ccc(C)cc1C. The molecule has 0 bridgehead atoms. The normalized spacial score (nSPS) is 10.8. The second-order valence-electron chi connectivity index (χ2n) is 7.29. The van der Waals surface area contributed by atoms with Crippen molar-refractivity contribution in [3.63, 3.8) is 0 Å². The first-order valence-electron chi connectivity index (χ1n) is 10.2. The van der Waals surface area contributed by atoms with Crippen LogP contribution < -0.4 is 16.2 Å². The number of hydrogen-bond donors (Lipinski definition) is 2. The number of nitrogens with zero attached hydrogens (tertiary/aromatic N) is 2. The number of imide groups is 1. The average Bonchev–Trinajstić information content (AvgIpc) is 2.73. The van der Waals surface area contributed by atoms with Crippen molar-refractivity contribution in [3.8, 4) is 5.69 Å². The van der Waals surface area contributed by atoms with E-state index in [4.69, 9.17) is 0 Å². The Labute approximate surface area is 185 Å². The van der Waals surface area contributed by atoms with Crippen LogP contribution in [0, 0.1) is 13.8 Å². The first kappa shape index (κ1) is 22.6. The van der Waals surface area contributed by atoms with Crippen LogP contribution in [0.1, 0.15) is 30.9 Å². The minimum atomic E-state index is -0.516. The minimum absolute atomic E-state index is 0.0448. The van der Waals surface area contributed by atoms with Crippen molar-refractivity contribution in [1.29, 1.82) is 0 Å². The Balaban J connectivity index is 1.90. The molecule has 0 atom stereocenters. The Bertz CT molecular complexity index is 1170. The summed E-state index contributed by atoms with van der Waals surface area (Å²) >= 11 is 1.12. The number of amides is 3. The number of benzene rings is 2. The fourth-order valence-corrected chi connectivity index (χ4v) is 4.00. The number of thioether (sulfide) groups is 1. The number of para-hydroxylation sites is 1. The number of aromatic nitrogens is 2. The quantitative estimate of drug-likeness (QED) is 0.333. The molecule has 0 spiro atoms. The van der Waals surface area contributed by atoms with E-state index < -0.39 is 11.9 Å². The molecule has 0 radical (unpaired) electrons. The number of rotatable bonds is 7. The van der Waals surface area contributed by atoms with Gasteiger partial charge in [-0.2, -0.15) is 0 Å². The van der Waals surface area contributed by atoms with Gasteiger partial charge in [0.15, 0.2) is 5.16 Å². The number of carbonyl (C=O) groups excluding carboxylic acids is 2. The number of carbonyl (C=O) groups is 2. The Hall–Kier alpha value is -3.13. The van der Waals surface area contributed by atoms with Gasteiger partial charge in [-0.25, -0.2) is 9.78 Å². The molecule has 2 N–H and O–H groups in total. The van der Waals surface area contributed by atoms with Crippen LogP contribution in [-0.2, 0) is 4.79 Å². The minimum Gasteiger partial charge on any atom is -0.338 e. The number of hydrogen-bond acceptors (Lipinski definition) is 5. The maximum atomic E-state index is 13.3. The van der Waals surface area contributed by atoms with Crippen LogP contribution in [-0.4, -0.2) is 33.8 Å². The van der Waals surface area contributed by atoms with E-state index in [0.717, 1.165) is 35.7 Å². The van der Waals surface area contributed by atoms with Gasteiger partial charge in [0.05, 0.1) is 22.3 Å². The van der Waals surface area contributed by atoms with E-state index in [2.05, 4.69) is 15.6 Å². The van der Waals surface area contributed by atoms with E-state index in [1.807, 2.05) is 45.0 Å². The Morgan fingerprint density at radius 3 is 2.65 bits per heavy atom. The molecule has 162 valence electrons. The molecule has 0 fully saturated rings. The van der Waals surface area contributed by atoms with Crippen LogP contribution in [0.15, 0.2) is 52.4 Å². The molecule has 1 heterocycles. The second kappa shape index (κ2) is 10.3. The summed E-state index contributed by atoms with van der Waals surface area (Å²) in [4.78, 5) is 42.0. The molecule has 3 aromatic rings. The van der Waals surface area contributed by atoms with Gasteiger partial charge in [0.1, 0.15) is 0 Å². The lowest BCUT2D eigenvalue weighted by molar-refractivity contribution is -0.117. The van der Waals surface area contributed by atoms with Crippen LogP contribution >= 0.6 is 11.8 Å². The van der Waals surface area contributed by atoms with Crippen LogP contribution in [0.25, 0.3) is 16.6 Å². The molecule has 0 unspecified atom stereocenters. The van der Waals surface area contributed by atoms with E-state index >= 15 is 0 Å². The number of unbranched alkanes of at least 4 members (excludes halogenated alkanes) is 1. The first-order valence-corrected chi connectivity index (χ1v) is 11.2. The van der Waals surface area contributed by atoms with E-state index in [9.17, 15) is 14.4 Å². The van der Waals surface area contributed by atoms with Gasteiger partial charge in [0.25, 0.3) is 5.56 Å². The second-order valence-corrected chi connectivity index (χ2v) is 8.23. The molecule has 0 saturated carbocycles.